The summed E-state index contributed by atoms with van der Waals surface area (Å²) in [6.07, 6.45) is 3.41. The van der Waals surface area contributed by atoms with Crippen LogP contribution in [-0.2, 0) is 7.05 Å². The van der Waals surface area contributed by atoms with Gasteiger partial charge in [0.15, 0.2) is 0 Å². The largest absolute Gasteiger partial charge is 0.313 e. The Morgan fingerprint density at radius 3 is 3.00 bits per heavy atom. The Labute approximate surface area is 78.4 Å². The molecule has 1 aliphatic rings. The SMILES string of the molecule is Cc1cc(/C=C2/CCNC2)n(C)n1. The Kier molecular flexibility index (Phi) is 2.19. The fourth-order valence-electron chi connectivity index (χ4n) is 1.68. The Balaban J connectivity index is 2.25. The maximum Gasteiger partial charge on any atom is 0.0609 e. The summed E-state index contributed by atoms with van der Waals surface area (Å²) in [7, 11) is 1.99. The first-order chi connectivity index (χ1) is 6.25. The zero-order valence-electron chi connectivity index (χ0n) is 8.17. The van der Waals surface area contributed by atoms with E-state index < -0.39 is 0 Å². The van der Waals surface area contributed by atoms with Crippen molar-refractivity contribution in [2.24, 2.45) is 7.05 Å². The maximum absolute atomic E-state index is 4.30. The van der Waals surface area contributed by atoms with Crippen LogP contribution in [0, 0.1) is 6.92 Å². The van der Waals surface area contributed by atoms with Gasteiger partial charge in [0.2, 0.25) is 0 Å². The Morgan fingerprint density at radius 2 is 2.46 bits per heavy atom. The zero-order chi connectivity index (χ0) is 9.26. The third-order valence-electron chi connectivity index (χ3n) is 2.37. The average molecular weight is 177 g/mol. The van der Waals surface area contributed by atoms with E-state index in [0.29, 0.717) is 0 Å². The number of nitrogens with zero attached hydrogens (tertiary/aromatic N) is 2. The normalized spacial score (nSPS) is 20.0. The summed E-state index contributed by atoms with van der Waals surface area (Å²) in [5.41, 5.74) is 3.76. The van der Waals surface area contributed by atoms with E-state index in [0.717, 1.165) is 18.8 Å². The van der Waals surface area contributed by atoms with Crippen LogP contribution in [0.4, 0.5) is 0 Å². The minimum atomic E-state index is 1.03. The van der Waals surface area contributed by atoms with Gasteiger partial charge in [0.25, 0.3) is 0 Å². The average Bonchev–Trinajstić information content (AvgIpc) is 2.63. The van der Waals surface area contributed by atoms with Crippen LogP contribution in [0.25, 0.3) is 6.08 Å². The monoisotopic (exact) mass is 177 g/mol. The Bertz CT molecular complexity index is 328. The van der Waals surface area contributed by atoms with Crippen molar-refractivity contribution in [3.05, 3.63) is 23.0 Å². The van der Waals surface area contributed by atoms with Crippen LogP contribution < -0.4 is 5.32 Å². The van der Waals surface area contributed by atoms with Gasteiger partial charge in [0, 0.05) is 13.6 Å². The second-order valence-electron chi connectivity index (χ2n) is 3.56. The summed E-state index contributed by atoms with van der Waals surface area (Å²) in [5, 5.41) is 7.63. The number of aromatic nitrogens is 2. The predicted octanol–water partition coefficient (Wildman–Crippen LogP) is 1.11. The quantitative estimate of drug-likeness (QED) is 0.696. The molecule has 0 unspecified atom stereocenters. The number of nitrogens with one attached hydrogen (secondary N) is 1. The van der Waals surface area contributed by atoms with Gasteiger partial charge in [-0.05, 0) is 32.0 Å². The minimum absolute atomic E-state index is 1.03. The smallest absolute Gasteiger partial charge is 0.0609 e. The lowest BCUT2D eigenvalue weighted by atomic mass is 10.2. The molecule has 70 valence electrons. The minimum Gasteiger partial charge on any atom is -0.313 e. The van der Waals surface area contributed by atoms with E-state index in [1.165, 1.54) is 17.7 Å². The van der Waals surface area contributed by atoms with Crippen molar-refractivity contribution in [3.63, 3.8) is 0 Å². The summed E-state index contributed by atoms with van der Waals surface area (Å²) in [6.45, 7) is 4.17. The molecule has 2 rings (SSSR count). The van der Waals surface area contributed by atoms with E-state index in [1.54, 1.807) is 0 Å². The maximum atomic E-state index is 4.30. The third-order valence-corrected chi connectivity index (χ3v) is 2.37. The first-order valence-corrected chi connectivity index (χ1v) is 4.66. The number of hydrogen-bond donors (Lipinski definition) is 1. The van der Waals surface area contributed by atoms with Crippen molar-refractivity contribution in [3.8, 4) is 0 Å². The van der Waals surface area contributed by atoms with Crippen LogP contribution in [0.3, 0.4) is 0 Å². The van der Waals surface area contributed by atoms with Crippen molar-refractivity contribution in [1.29, 1.82) is 0 Å². The summed E-state index contributed by atoms with van der Waals surface area (Å²) in [6, 6.07) is 2.12. The van der Waals surface area contributed by atoms with Crippen LogP contribution in [0.1, 0.15) is 17.8 Å². The summed E-state index contributed by atoms with van der Waals surface area (Å²) >= 11 is 0. The molecule has 0 aliphatic carbocycles. The topological polar surface area (TPSA) is 29.9 Å². The van der Waals surface area contributed by atoms with E-state index in [9.17, 15) is 0 Å². The molecule has 1 aliphatic heterocycles. The third kappa shape index (κ3) is 1.80. The van der Waals surface area contributed by atoms with Crippen molar-refractivity contribution in [2.45, 2.75) is 13.3 Å². The van der Waals surface area contributed by atoms with Crippen LogP contribution in [0.5, 0.6) is 0 Å². The second-order valence-corrected chi connectivity index (χ2v) is 3.56. The van der Waals surface area contributed by atoms with Crippen molar-refractivity contribution in [1.82, 2.24) is 15.1 Å². The van der Waals surface area contributed by atoms with Crippen molar-refractivity contribution in [2.75, 3.05) is 13.1 Å². The van der Waals surface area contributed by atoms with E-state index in [-0.39, 0.29) is 0 Å². The summed E-state index contributed by atoms with van der Waals surface area (Å²) in [4.78, 5) is 0. The summed E-state index contributed by atoms with van der Waals surface area (Å²) in [5.74, 6) is 0. The molecular weight excluding hydrogens is 162 g/mol. The standard InChI is InChI=1S/C10H15N3/c1-8-5-10(13(2)12-8)6-9-3-4-11-7-9/h5-6,11H,3-4,7H2,1-2H3/b9-6-. The van der Waals surface area contributed by atoms with Crippen molar-refractivity contribution >= 4 is 6.08 Å². The van der Waals surface area contributed by atoms with Crippen LogP contribution >= 0.6 is 0 Å². The van der Waals surface area contributed by atoms with E-state index in [1.807, 2.05) is 18.7 Å². The molecule has 1 saturated heterocycles. The number of aryl methyl sites for hydroxylation is 2. The fourth-order valence-corrected chi connectivity index (χ4v) is 1.68. The fraction of sp³-hybridized carbons (Fsp3) is 0.500. The molecule has 1 aromatic heterocycles. The first kappa shape index (κ1) is 8.51. The second kappa shape index (κ2) is 3.34. The highest BCUT2D eigenvalue weighted by Gasteiger charge is 2.06. The molecule has 0 bridgehead atoms. The van der Waals surface area contributed by atoms with E-state index in [2.05, 4.69) is 22.6 Å². The van der Waals surface area contributed by atoms with Gasteiger partial charge in [0.1, 0.15) is 0 Å². The lowest BCUT2D eigenvalue weighted by molar-refractivity contribution is 0.748. The Hall–Kier alpha value is -1.09. The van der Waals surface area contributed by atoms with Crippen LogP contribution in [0.15, 0.2) is 11.6 Å². The predicted molar refractivity (Wildman–Crippen MR) is 53.4 cm³/mol. The van der Waals surface area contributed by atoms with Gasteiger partial charge < -0.3 is 5.32 Å². The molecule has 0 atom stereocenters. The summed E-state index contributed by atoms with van der Waals surface area (Å²) < 4.78 is 1.93. The zero-order valence-corrected chi connectivity index (χ0v) is 8.17. The first-order valence-electron chi connectivity index (χ1n) is 4.66. The molecule has 0 spiro atoms. The highest BCUT2D eigenvalue weighted by atomic mass is 15.3. The van der Waals surface area contributed by atoms with Gasteiger partial charge in [-0.15, -0.1) is 0 Å². The Morgan fingerprint density at radius 1 is 1.62 bits per heavy atom. The molecule has 1 fully saturated rings. The molecule has 3 heteroatoms. The molecule has 0 radical (unpaired) electrons. The van der Waals surface area contributed by atoms with Gasteiger partial charge in [0.05, 0.1) is 11.4 Å². The molecule has 1 N–H and O–H groups in total. The molecule has 2 heterocycles. The molecule has 1 aromatic rings. The molecule has 0 saturated carbocycles. The number of hydrogen-bond acceptors (Lipinski definition) is 2. The molecule has 0 amide bonds. The van der Waals surface area contributed by atoms with Crippen LogP contribution in [-0.4, -0.2) is 22.9 Å². The van der Waals surface area contributed by atoms with E-state index >= 15 is 0 Å². The highest BCUT2D eigenvalue weighted by molar-refractivity contribution is 5.50. The highest BCUT2D eigenvalue weighted by Crippen LogP contribution is 2.12. The lowest BCUT2D eigenvalue weighted by Gasteiger charge is -1.96. The van der Waals surface area contributed by atoms with Crippen LogP contribution in [0.2, 0.25) is 0 Å². The van der Waals surface area contributed by atoms with E-state index in [4.69, 9.17) is 0 Å². The van der Waals surface area contributed by atoms with Gasteiger partial charge >= 0.3 is 0 Å². The van der Waals surface area contributed by atoms with Crippen molar-refractivity contribution < 1.29 is 0 Å². The molecule has 3 nitrogen and oxygen atoms in total. The van der Waals surface area contributed by atoms with Gasteiger partial charge in [-0.25, -0.2) is 0 Å². The molecule has 13 heavy (non-hydrogen) atoms. The lowest BCUT2D eigenvalue weighted by Crippen LogP contribution is -2.04. The van der Waals surface area contributed by atoms with Gasteiger partial charge in [-0.1, -0.05) is 5.57 Å². The molecule has 0 aromatic carbocycles. The van der Waals surface area contributed by atoms with Gasteiger partial charge in [-0.3, -0.25) is 4.68 Å². The molecular formula is C10H15N3. The number of rotatable bonds is 1. The van der Waals surface area contributed by atoms with Gasteiger partial charge in [-0.2, -0.15) is 5.10 Å².